The van der Waals surface area contributed by atoms with Gasteiger partial charge in [0, 0.05) is 17.3 Å². The first-order valence-electron chi connectivity index (χ1n) is 5.21. The van der Waals surface area contributed by atoms with Crippen LogP contribution in [0.4, 0.5) is 4.39 Å². The van der Waals surface area contributed by atoms with Crippen molar-refractivity contribution in [1.82, 2.24) is 0 Å². The number of hydrogen-bond donors (Lipinski definition) is 1. The van der Waals surface area contributed by atoms with E-state index in [2.05, 4.69) is 6.07 Å². The molecule has 1 aromatic heterocycles. The smallest absolute Gasteiger partial charge is 0.126 e. The molecule has 0 bridgehead atoms. The topological polar surface area (TPSA) is 26.0 Å². The van der Waals surface area contributed by atoms with Crippen LogP contribution in [-0.4, -0.2) is 0 Å². The third kappa shape index (κ3) is 2.49. The lowest BCUT2D eigenvalue weighted by molar-refractivity contribution is 0.610. The molecule has 1 aromatic carbocycles. The second-order valence-electron chi connectivity index (χ2n) is 3.90. The molecule has 0 amide bonds. The normalized spacial score (nSPS) is 12.7. The minimum Gasteiger partial charge on any atom is -0.324 e. The van der Waals surface area contributed by atoms with E-state index in [0.29, 0.717) is 5.56 Å². The highest BCUT2D eigenvalue weighted by Crippen LogP contribution is 2.20. The molecule has 0 fully saturated rings. The van der Waals surface area contributed by atoms with Crippen LogP contribution in [0.2, 0.25) is 0 Å². The van der Waals surface area contributed by atoms with Crippen molar-refractivity contribution in [3.05, 3.63) is 57.5 Å². The molecule has 1 unspecified atom stereocenters. The fourth-order valence-corrected chi connectivity index (χ4v) is 2.37. The summed E-state index contributed by atoms with van der Waals surface area (Å²) in [5.41, 5.74) is 7.56. The van der Waals surface area contributed by atoms with Crippen LogP contribution in [0.5, 0.6) is 0 Å². The first-order chi connectivity index (χ1) is 7.66. The monoisotopic (exact) mass is 235 g/mol. The minimum absolute atomic E-state index is 0.131. The van der Waals surface area contributed by atoms with E-state index in [4.69, 9.17) is 5.73 Å². The zero-order chi connectivity index (χ0) is 11.5. The van der Waals surface area contributed by atoms with Gasteiger partial charge in [0.25, 0.3) is 0 Å². The number of nitrogens with two attached hydrogens (primary N) is 1. The maximum absolute atomic E-state index is 13.4. The third-order valence-corrected chi connectivity index (χ3v) is 3.52. The van der Waals surface area contributed by atoms with Crippen molar-refractivity contribution in [2.45, 2.75) is 19.4 Å². The molecule has 2 rings (SSSR count). The van der Waals surface area contributed by atoms with Gasteiger partial charge in [-0.3, -0.25) is 0 Å². The number of rotatable bonds is 3. The first kappa shape index (κ1) is 11.3. The molecule has 0 spiro atoms. The van der Waals surface area contributed by atoms with Gasteiger partial charge in [-0.15, -0.1) is 11.3 Å². The second kappa shape index (κ2) is 4.76. The van der Waals surface area contributed by atoms with Crippen molar-refractivity contribution in [3.8, 4) is 0 Å². The number of thiophene rings is 1. The molecule has 0 aliphatic heterocycles. The molecule has 0 saturated heterocycles. The van der Waals surface area contributed by atoms with E-state index in [9.17, 15) is 4.39 Å². The van der Waals surface area contributed by atoms with Crippen LogP contribution in [0.1, 0.15) is 22.0 Å². The Hall–Kier alpha value is -1.19. The molecule has 2 N–H and O–H groups in total. The highest BCUT2D eigenvalue weighted by molar-refractivity contribution is 7.09. The van der Waals surface area contributed by atoms with Crippen molar-refractivity contribution in [1.29, 1.82) is 0 Å². The van der Waals surface area contributed by atoms with Gasteiger partial charge in [-0.2, -0.15) is 0 Å². The average molecular weight is 235 g/mol. The van der Waals surface area contributed by atoms with Crippen LogP contribution < -0.4 is 5.73 Å². The number of halogens is 1. The van der Waals surface area contributed by atoms with E-state index in [0.717, 1.165) is 12.0 Å². The van der Waals surface area contributed by atoms with E-state index in [-0.39, 0.29) is 11.9 Å². The predicted molar refractivity (Wildman–Crippen MR) is 66.1 cm³/mol. The molecule has 1 nitrogen and oxygen atoms in total. The zero-order valence-electron chi connectivity index (χ0n) is 9.11. The van der Waals surface area contributed by atoms with Gasteiger partial charge in [0.05, 0.1) is 0 Å². The van der Waals surface area contributed by atoms with Crippen LogP contribution >= 0.6 is 11.3 Å². The summed E-state index contributed by atoms with van der Waals surface area (Å²) >= 11 is 1.68. The Balaban J connectivity index is 2.14. The maximum atomic E-state index is 13.4. The van der Waals surface area contributed by atoms with E-state index < -0.39 is 0 Å². The Morgan fingerprint density at radius 2 is 2.19 bits per heavy atom. The molecule has 84 valence electrons. The Morgan fingerprint density at radius 1 is 1.38 bits per heavy atom. The fraction of sp³-hybridized carbons (Fsp3) is 0.231. The van der Waals surface area contributed by atoms with Gasteiger partial charge >= 0.3 is 0 Å². The lowest BCUT2D eigenvalue weighted by Gasteiger charge is -2.11. The highest BCUT2D eigenvalue weighted by atomic mass is 32.1. The highest BCUT2D eigenvalue weighted by Gasteiger charge is 2.09. The lowest BCUT2D eigenvalue weighted by Crippen LogP contribution is -2.13. The average Bonchev–Trinajstić information content (AvgIpc) is 2.74. The van der Waals surface area contributed by atoms with E-state index in [1.54, 1.807) is 24.3 Å². The molecule has 16 heavy (non-hydrogen) atoms. The van der Waals surface area contributed by atoms with Gasteiger partial charge in [0.2, 0.25) is 0 Å². The summed E-state index contributed by atoms with van der Waals surface area (Å²) in [6, 6.07) is 9.13. The number of benzene rings is 1. The summed E-state index contributed by atoms with van der Waals surface area (Å²) < 4.78 is 13.4. The van der Waals surface area contributed by atoms with Crippen molar-refractivity contribution in [2.75, 3.05) is 0 Å². The number of aryl methyl sites for hydroxylation is 1. The van der Waals surface area contributed by atoms with Crippen molar-refractivity contribution in [3.63, 3.8) is 0 Å². The van der Waals surface area contributed by atoms with Crippen molar-refractivity contribution in [2.24, 2.45) is 5.73 Å². The van der Waals surface area contributed by atoms with Gasteiger partial charge < -0.3 is 5.73 Å². The van der Waals surface area contributed by atoms with E-state index >= 15 is 0 Å². The van der Waals surface area contributed by atoms with Gasteiger partial charge in [-0.1, -0.05) is 18.2 Å². The SMILES string of the molecule is Cc1ccc(C(N)Cc2cccs2)cc1F. The molecule has 1 heterocycles. The predicted octanol–water partition coefficient (Wildman–Crippen LogP) is 3.44. The molecule has 0 aliphatic carbocycles. The van der Waals surface area contributed by atoms with E-state index in [1.807, 2.05) is 17.5 Å². The van der Waals surface area contributed by atoms with Gasteiger partial charge in [0.15, 0.2) is 0 Å². The maximum Gasteiger partial charge on any atom is 0.126 e. The molecular weight excluding hydrogens is 221 g/mol. The second-order valence-corrected chi connectivity index (χ2v) is 4.93. The molecule has 1 atom stereocenters. The summed E-state index contributed by atoms with van der Waals surface area (Å²) in [7, 11) is 0. The first-order valence-corrected chi connectivity index (χ1v) is 6.09. The van der Waals surface area contributed by atoms with Crippen molar-refractivity contribution < 1.29 is 4.39 Å². The van der Waals surface area contributed by atoms with Crippen LogP contribution in [0, 0.1) is 12.7 Å². The minimum atomic E-state index is -0.181. The molecule has 0 saturated carbocycles. The Kier molecular flexibility index (Phi) is 3.36. The molecule has 0 aliphatic rings. The van der Waals surface area contributed by atoms with E-state index in [1.165, 1.54) is 10.9 Å². The lowest BCUT2D eigenvalue weighted by atomic mass is 10.0. The fourth-order valence-electron chi connectivity index (χ4n) is 1.60. The summed E-state index contributed by atoms with van der Waals surface area (Å²) in [6.45, 7) is 1.75. The van der Waals surface area contributed by atoms with Gasteiger partial charge in [-0.05, 0) is 35.6 Å². The Bertz CT molecular complexity index is 465. The summed E-state index contributed by atoms with van der Waals surface area (Å²) in [5, 5.41) is 2.03. The van der Waals surface area contributed by atoms with Gasteiger partial charge in [-0.25, -0.2) is 4.39 Å². The third-order valence-electron chi connectivity index (χ3n) is 2.63. The largest absolute Gasteiger partial charge is 0.324 e. The standard InChI is InChI=1S/C13H14FNS/c1-9-4-5-10(7-12(9)14)13(15)8-11-3-2-6-16-11/h2-7,13H,8,15H2,1H3. The van der Waals surface area contributed by atoms with Crippen LogP contribution in [-0.2, 0) is 6.42 Å². The van der Waals surface area contributed by atoms with Crippen LogP contribution in [0.25, 0.3) is 0 Å². The summed E-state index contributed by atoms with van der Waals surface area (Å²) in [5.74, 6) is -0.181. The molecular formula is C13H14FNS. The summed E-state index contributed by atoms with van der Waals surface area (Å²) in [6.07, 6.45) is 0.764. The molecule has 2 aromatic rings. The van der Waals surface area contributed by atoms with Crippen LogP contribution in [0.15, 0.2) is 35.7 Å². The Labute approximate surface area is 98.7 Å². The summed E-state index contributed by atoms with van der Waals surface area (Å²) in [4.78, 5) is 1.23. The quantitative estimate of drug-likeness (QED) is 0.866. The Morgan fingerprint density at radius 3 is 2.81 bits per heavy atom. The molecule has 0 radical (unpaired) electrons. The molecule has 3 heteroatoms. The van der Waals surface area contributed by atoms with Gasteiger partial charge in [0.1, 0.15) is 5.82 Å². The zero-order valence-corrected chi connectivity index (χ0v) is 9.93. The number of hydrogen-bond acceptors (Lipinski definition) is 2. The van der Waals surface area contributed by atoms with Crippen LogP contribution in [0.3, 0.4) is 0 Å². The van der Waals surface area contributed by atoms with Crippen molar-refractivity contribution >= 4 is 11.3 Å².